The molecular formula is C17H23ClF3N3O3. The Morgan fingerprint density at radius 3 is 2.67 bits per heavy atom. The predicted molar refractivity (Wildman–Crippen MR) is 94.2 cm³/mol. The summed E-state index contributed by atoms with van der Waals surface area (Å²) in [5.41, 5.74) is 0.160. The molecule has 0 aromatic carbocycles. The van der Waals surface area contributed by atoms with Crippen molar-refractivity contribution in [3.8, 4) is 5.88 Å². The highest BCUT2D eigenvalue weighted by Gasteiger charge is 2.29. The summed E-state index contributed by atoms with van der Waals surface area (Å²) in [6.07, 6.45) is -2.21. The number of nitrogens with zero attached hydrogens (tertiary/aromatic N) is 2. The SMILES string of the molecule is C[C@@H]1CN(CCCNC(=O)c2cnc(OCC(F)(F)F)c(Cl)c2)C[C@H](C)O1. The van der Waals surface area contributed by atoms with Crippen molar-refractivity contribution in [1.29, 1.82) is 0 Å². The molecule has 0 unspecified atom stereocenters. The molecule has 1 saturated heterocycles. The van der Waals surface area contributed by atoms with Crippen LogP contribution in [0, 0.1) is 0 Å². The second-order valence-electron chi connectivity index (χ2n) is 6.54. The van der Waals surface area contributed by atoms with Gasteiger partial charge >= 0.3 is 6.18 Å². The molecule has 152 valence electrons. The number of carbonyl (C=O) groups is 1. The van der Waals surface area contributed by atoms with Crippen molar-refractivity contribution >= 4 is 17.5 Å². The summed E-state index contributed by atoms with van der Waals surface area (Å²) >= 11 is 5.84. The van der Waals surface area contributed by atoms with Gasteiger partial charge in [0.25, 0.3) is 5.91 Å². The number of carbonyl (C=O) groups excluding carboxylic acids is 1. The van der Waals surface area contributed by atoms with Crippen LogP contribution in [-0.4, -0.2) is 67.0 Å². The molecule has 1 amide bonds. The van der Waals surface area contributed by atoms with Gasteiger partial charge in [-0.15, -0.1) is 0 Å². The van der Waals surface area contributed by atoms with Gasteiger partial charge in [0, 0.05) is 32.4 Å². The van der Waals surface area contributed by atoms with Gasteiger partial charge in [-0.3, -0.25) is 9.69 Å². The summed E-state index contributed by atoms with van der Waals surface area (Å²) in [6, 6.07) is 1.24. The molecule has 0 aliphatic carbocycles. The number of ether oxygens (including phenoxy) is 2. The van der Waals surface area contributed by atoms with E-state index in [4.69, 9.17) is 16.3 Å². The molecular weight excluding hydrogens is 387 g/mol. The number of pyridine rings is 1. The summed E-state index contributed by atoms with van der Waals surface area (Å²) in [5.74, 6) is -0.753. The molecule has 0 bridgehead atoms. The van der Waals surface area contributed by atoms with Crippen molar-refractivity contribution in [2.75, 3.05) is 32.8 Å². The van der Waals surface area contributed by atoms with E-state index in [-0.39, 0.29) is 28.7 Å². The fourth-order valence-corrected chi connectivity index (χ4v) is 3.10. The maximum Gasteiger partial charge on any atom is 0.422 e. The normalized spacial score (nSPS) is 21.1. The third-order valence-electron chi connectivity index (χ3n) is 3.87. The largest absolute Gasteiger partial charge is 0.467 e. The van der Waals surface area contributed by atoms with Gasteiger partial charge in [0.05, 0.1) is 17.8 Å². The van der Waals surface area contributed by atoms with Crippen molar-refractivity contribution in [1.82, 2.24) is 15.2 Å². The first-order chi connectivity index (χ1) is 12.6. The molecule has 1 aliphatic rings. The second kappa shape index (κ2) is 9.57. The molecule has 10 heteroatoms. The van der Waals surface area contributed by atoms with Gasteiger partial charge in [0.1, 0.15) is 5.02 Å². The van der Waals surface area contributed by atoms with Crippen LogP contribution in [0.25, 0.3) is 0 Å². The zero-order valence-electron chi connectivity index (χ0n) is 15.2. The maximum atomic E-state index is 12.2. The number of aromatic nitrogens is 1. The highest BCUT2D eigenvalue weighted by molar-refractivity contribution is 6.32. The van der Waals surface area contributed by atoms with Crippen LogP contribution in [-0.2, 0) is 4.74 Å². The molecule has 0 saturated carbocycles. The number of hydrogen-bond acceptors (Lipinski definition) is 5. The molecule has 0 radical (unpaired) electrons. The van der Waals surface area contributed by atoms with E-state index in [1.807, 2.05) is 13.8 Å². The van der Waals surface area contributed by atoms with Crippen LogP contribution < -0.4 is 10.1 Å². The molecule has 2 heterocycles. The van der Waals surface area contributed by atoms with Gasteiger partial charge in [0.2, 0.25) is 5.88 Å². The zero-order chi connectivity index (χ0) is 20.0. The first-order valence-corrected chi connectivity index (χ1v) is 9.03. The van der Waals surface area contributed by atoms with E-state index in [9.17, 15) is 18.0 Å². The topological polar surface area (TPSA) is 63.7 Å². The molecule has 1 fully saturated rings. The minimum atomic E-state index is -4.49. The lowest BCUT2D eigenvalue weighted by molar-refractivity contribution is -0.154. The Kier molecular flexibility index (Phi) is 7.69. The summed E-state index contributed by atoms with van der Waals surface area (Å²) in [4.78, 5) is 18.1. The van der Waals surface area contributed by atoms with Crippen LogP contribution >= 0.6 is 11.6 Å². The van der Waals surface area contributed by atoms with Crippen LogP contribution in [0.3, 0.4) is 0 Å². The molecule has 1 N–H and O–H groups in total. The average Bonchev–Trinajstić information content (AvgIpc) is 2.55. The average molecular weight is 410 g/mol. The Balaban J connectivity index is 1.76. The van der Waals surface area contributed by atoms with E-state index in [1.165, 1.54) is 6.07 Å². The summed E-state index contributed by atoms with van der Waals surface area (Å²) in [7, 11) is 0. The lowest BCUT2D eigenvalue weighted by atomic mass is 10.2. The van der Waals surface area contributed by atoms with Crippen molar-refractivity contribution in [3.05, 3.63) is 22.8 Å². The van der Waals surface area contributed by atoms with Gasteiger partial charge in [-0.2, -0.15) is 13.2 Å². The number of amides is 1. The van der Waals surface area contributed by atoms with E-state index >= 15 is 0 Å². The number of nitrogens with one attached hydrogen (secondary N) is 1. The highest BCUT2D eigenvalue weighted by atomic mass is 35.5. The van der Waals surface area contributed by atoms with Gasteiger partial charge in [-0.05, 0) is 26.3 Å². The van der Waals surface area contributed by atoms with E-state index in [2.05, 4.69) is 19.9 Å². The first-order valence-electron chi connectivity index (χ1n) is 8.65. The minimum Gasteiger partial charge on any atom is -0.467 e. The van der Waals surface area contributed by atoms with Crippen molar-refractivity contribution in [2.45, 2.75) is 38.7 Å². The predicted octanol–water partition coefficient (Wildman–Crippen LogP) is 2.91. The number of hydrogen-bond donors (Lipinski definition) is 1. The lowest BCUT2D eigenvalue weighted by Crippen LogP contribution is -2.46. The zero-order valence-corrected chi connectivity index (χ0v) is 15.9. The molecule has 0 spiro atoms. The van der Waals surface area contributed by atoms with E-state index in [1.54, 1.807) is 0 Å². The van der Waals surface area contributed by atoms with Crippen LogP contribution in [0.1, 0.15) is 30.6 Å². The Morgan fingerprint density at radius 1 is 1.41 bits per heavy atom. The van der Waals surface area contributed by atoms with Crippen molar-refractivity contribution in [3.63, 3.8) is 0 Å². The third-order valence-corrected chi connectivity index (χ3v) is 4.14. The van der Waals surface area contributed by atoms with Crippen LogP contribution in [0.15, 0.2) is 12.3 Å². The molecule has 6 nitrogen and oxygen atoms in total. The monoisotopic (exact) mass is 409 g/mol. The Morgan fingerprint density at radius 2 is 2.07 bits per heavy atom. The van der Waals surface area contributed by atoms with Gasteiger partial charge in [-0.25, -0.2) is 4.98 Å². The minimum absolute atomic E-state index is 0.150. The lowest BCUT2D eigenvalue weighted by Gasteiger charge is -2.35. The second-order valence-corrected chi connectivity index (χ2v) is 6.95. The van der Waals surface area contributed by atoms with Crippen LogP contribution in [0.2, 0.25) is 5.02 Å². The number of alkyl halides is 3. The van der Waals surface area contributed by atoms with E-state index in [0.717, 1.165) is 32.3 Å². The quantitative estimate of drug-likeness (QED) is 0.701. The Labute approximate surface area is 161 Å². The van der Waals surface area contributed by atoms with Gasteiger partial charge < -0.3 is 14.8 Å². The summed E-state index contributed by atoms with van der Waals surface area (Å²) in [5, 5.41) is 2.60. The van der Waals surface area contributed by atoms with Crippen molar-refractivity contribution in [2.24, 2.45) is 0 Å². The van der Waals surface area contributed by atoms with Crippen LogP contribution in [0.4, 0.5) is 13.2 Å². The van der Waals surface area contributed by atoms with Crippen LogP contribution in [0.5, 0.6) is 5.88 Å². The Bertz CT molecular complexity index is 636. The van der Waals surface area contributed by atoms with Gasteiger partial charge in [0.15, 0.2) is 6.61 Å². The standard InChI is InChI=1S/C17H23ClF3N3O3/c1-11-8-24(9-12(2)27-11)5-3-4-22-15(25)13-6-14(18)16(23-7-13)26-10-17(19,20)21/h6-7,11-12H,3-5,8-10H2,1-2H3,(H,22,25)/t11-,12+. The smallest absolute Gasteiger partial charge is 0.422 e. The van der Waals surface area contributed by atoms with E-state index in [0.29, 0.717) is 6.54 Å². The fraction of sp³-hybridized carbons (Fsp3) is 0.647. The van der Waals surface area contributed by atoms with Gasteiger partial charge in [-0.1, -0.05) is 11.6 Å². The fourth-order valence-electron chi connectivity index (χ4n) is 2.88. The third kappa shape index (κ3) is 7.51. The molecule has 27 heavy (non-hydrogen) atoms. The molecule has 2 rings (SSSR count). The number of halogens is 4. The van der Waals surface area contributed by atoms with E-state index < -0.39 is 18.7 Å². The summed E-state index contributed by atoms with van der Waals surface area (Å²) in [6.45, 7) is 5.58. The molecule has 2 atom stereocenters. The first kappa shape index (κ1) is 21.7. The molecule has 1 aliphatic heterocycles. The Hall–Kier alpha value is -1.58. The molecule has 1 aromatic heterocycles. The van der Waals surface area contributed by atoms with Crippen molar-refractivity contribution < 1.29 is 27.4 Å². The maximum absolute atomic E-state index is 12.2. The number of morpholine rings is 1. The summed E-state index contributed by atoms with van der Waals surface area (Å²) < 4.78 is 46.7. The molecule has 1 aromatic rings. The highest BCUT2D eigenvalue weighted by Crippen LogP contribution is 2.25. The number of rotatable bonds is 7.